The summed E-state index contributed by atoms with van der Waals surface area (Å²) in [5, 5.41) is 14.7. The van der Waals surface area contributed by atoms with Crippen LogP contribution in [0.1, 0.15) is 65.1 Å². The molecule has 32 heavy (non-hydrogen) atoms. The molecule has 0 fully saturated rings. The molecule has 0 bridgehead atoms. The number of aromatic nitrogens is 2. The number of carboxylic acids is 1. The van der Waals surface area contributed by atoms with Gasteiger partial charge >= 0.3 is 5.97 Å². The lowest BCUT2D eigenvalue weighted by Crippen LogP contribution is -2.42. The zero-order valence-electron chi connectivity index (χ0n) is 18.0. The highest BCUT2D eigenvalue weighted by atomic mass is 35.5. The molecule has 1 aliphatic rings. The maximum absolute atomic E-state index is 13.3. The van der Waals surface area contributed by atoms with Crippen molar-refractivity contribution >= 4 is 23.5 Å². The van der Waals surface area contributed by atoms with Gasteiger partial charge in [0.2, 0.25) is 0 Å². The fourth-order valence-corrected chi connectivity index (χ4v) is 4.30. The average molecular weight is 452 g/mol. The lowest BCUT2D eigenvalue weighted by Gasteiger charge is -2.33. The van der Waals surface area contributed by atoms with Gasteiger partial charge in [-0.05, 0) is 42.3 Å². The molecular formula is C25H26ClN3O3. The molecule has 0 saturated heterocycles. The van der Waals surface area contributed by atoms with E-state index in [1.165, 1.54) is 0 Å². The van der Waals surface area contributed by atoms with Crippen molar-refractivity contribution in [1.82, 2.24) is 14.7 Å². The number of unbranched alkanes of at least 4 members (excludes halogenated alkanes) is 2. The molecular weight excluding hydrogens is 426 g/mol. The Morgan fingerprint density at radius 1 is 1.16 bits per heavy atom. The summed E-state index contributed by atoms with van der Waals surface area (Å²) in [7, 11) is 0. The average Bonchev–Trinajstić information content (AvgIpc) is 3.23. The van der Waals surface area contributed by atoms with Crippen LogP contribution in [0.4, 0.5) is 0 Å². The zero-order chi connectivity index (χ0) is 22.7. The Morgan fingerprint density at radius 2 is 1.94 bits per heavy atom. The van der Waals surface area contributed by atoms with Crippen LogP contribution < -0.4 is 0 Å². The Kier molecular flexibility index (Phi) is 6.61. The number of carbonyl (C=O) groups excluding carboxylic acids is 1. The van der Waals surface area contributed by atoms with Crippen LogP contribution in [0.3, 0.4) is 0 Å². The molecule has 1 N–H and O–H groups in total. The van der Waals surface area contributed by atoms with E-state index in [1.807, 2.05) is 41.1 Å². The van der Waals surface area contributed by atoms with Crippen molar-refractivity contribution in [2.24, 2.45) is 0 Å². The van der Waals surface area contributed by atoms with Crippen molar-refractivity contribution in [2.45, 2.75) is 45.2 Å². The third-order valence-corrected chi connectivity index (χ3v) is 6.10. The third kappa shape index (κ3) is 4.70. The Morgan fingerprint density at radius 3 is 2.66 bits per heavy atom. The van der Waals surface area contributed by atoms with Crippen molar-refractivity contribution in [3.63, 3.8) is 0 Å². The standard InChI is InChI=1S/C25H26ClN3O3/c1-2-3-4-8-21-16-28(15-17-6-5-7-19(13-17)25(31)32)24(30)23-14-22(27-29(21)23)18-9-11-20(26)12-10-18/h5-7,9-14,21H,2-4,8,15-16H2,1H3,(H,31,32). The summed E-state index contributed by atoms with van der Waals surface area (Å²) in [6.07, 6.45) is 4.25. The molecule has 1 aromatic heterocycles. The molecule has 1 atom stereocenters. The Hall–Kier alpha value is -3.12. The van der Waals surface area contributed by atoms with E-state index in [9.17, 15) is 14.7 Å². The van der Waals surface area contributed by atoms with E-state index in [0.717, 1.165) is 42.5 Å². The number of carbonyl (C=O) groups is 2. The number of benzene rings is 2. The van der Waals surface area contributed by atoms with Gasteiger partial charge in [0.1, 0.15) is 5.69 Å². The molecule has 166 valence electrons. The van der Waals surface area contributed by atoms with E-state index in [-0.39, 0.29) is 17.5 Å². The minimum absolute atomic E-state index is 0.0814. The highest BCUT2D eigenvalue weighted by Crippen LogP contribution is 2.30. The topological polar surface area (TPSA) is 75.4 Å². The molecule has 2 aromatic carbocycles. The molecule has 0 saturated carbocycles. The smallest absolute Gasteiger partial charge is 0.335 e. The van der Waals surface area contributed by atoms with Crippen molar-refractivity contribution in [3.05, 3.63) is 76.4 Å². The first-order valence-electron chi connectivity index (χ1n) is 10.9. The summed E-state index contributed by atoms with van der Waals surface area (Å²) in [6.45, 7) is 3.09. The Balaban J connectivity index is 1.64. The van der Waals surface area contributed by atoms with E-state index in [1.54, 1.807) is 23.1 Å². The second kappa shape index (κ2) is 9.57. The lowest BCUT2D eigenvalue weighted by atomic mass is 10.0. The minimum Gasteiger partial charge on any atom is -0.478 e. The molecule has 4 rings (SSSR count). The number of halogens is 1. The van der Waals surface area contributed by atoms with Gasteiger partial charge in [-0.25, -0.2) is 4.79 Å². The molecule has 1 aliphatic heterocycles. The van der Waals surface area contributed by atoms with Crippen LogP contribution >= 0.6 is 11.6 Å². The Bertz CT molecular complexity index is 1120. The molecule has 0 radical (unpaired) electrons. The van der Waals surface area contributed by atoms with Crippen molar-refractivity contribution in [1.29, 1.82) is 0 Å². The van der Waals surface area contributed by atoms with Gasteiger partial charge in [0.25, 0.3) is 5.91 Å². The molecule has 6 nitrogen and oxygen atoms in total. The molecule has 0 spiro atoms. The predicted octanol–water partition coefficient (Wildman–Crippen LogP) is 5.68. The van der Waals surface area contributed by atoms with Crippen LogP contribution in [0.5, 0.6) is 0 Å². The van der Waals surface area contributed by atoms with Gasteiger partial charge in [0.05, 0.1) is 17.3 Å². The van der Waals surface area contributed by atoms with Gasteiger partial charge < -0.3 is 10.0 Å². The van der Waals surface area contributed by atoms with Crippen LogP contribution in [0.2, 0.25) is 5.02 Å². The van der Waals surface area contributed by atoms with E-state index < -0.39 is 5.97 Å². The first-order chi connectivity index (χ1) is 15.5. The molecule has 2 heterocycles. The Labute approximate surface area is 192 Å². The number of hydrogen-bond donors (Lipinski definition) is 1. The van der Waals surface area contributed by atoms with Gasteiger partial charge in [-0.1, -0.05) is 62.1 Å². The summed E-state index contributed by atoms with van der Waals surface area (Å²) in [5.74, 6) is -1.06. The summed E-state index contributed by atoms with van der Waals surface area (Å²) >= 11 is 6.02. The second-order valence-corrected chi connectivity index (χ2v) is 8.64. The van der Waals surface area contributed by atoms with Crippen LogP contribution in [-0.2, 0) is 6.54 Å². The van der Waals surface area contributed by atoms with Crippen LogP contribution in [0, 0.1) is 0 Å². The molecule has 0 aliphatic carbocycles. The molecule has 1 unspecified atom stereocenters. The summed E-state index contributed by atoms with van der Waals surface area (Å²) < 4.78 is 1.88. The quantitative estimate of drug-likeness (QED) is 0.447. The number of aromatic carboxylic acids is 1. The number of amides is 1. The number of rotatable bonds is 8. The summed E-state index contributed by atoms with van der Waals surface area (Å²) in [4.78, 5) is 26.5. The first-order valence-corrected chi connectivity index (χ1v) is 11.3. The van der Waals surface area contributed by atoms with Crippen molar-refractivity contribution in [2.75, 3.05) is 6.54 Å². The van der Waals surface area contributed by atoms with E-state index >= 15 is 0 Å². The second-order valence-electron chi connectivity index (χ2n) is 8.21. The van der Waals surface area contributed by atoms with Crippen molar-refractivity contribution < 1.29 is 14.7 Å². The van der Waals surface area contributed by atoms with Gasteiger partial charge in [-0.15, -0.1) is 0 Å². The van der Waals surface area contributed by atoms with Gasteiger partial charge in [0, 0.05) is 23.7 Å². The highest BCUT2D eigenvalue weighted by Gasteiger charge is 2.33. The number of hydrogen-bond acceptors (Lipinski definition) is 3. The van der Waals surface area contributed by atoms with Gasteiger partial charge in [-0.3, -0.25) is 9.48 Å². The summed E-state index contributed by atoms with van der Waals surface area (Å²) in [5.41, 5.74) is 3.26. The minimum atomic E-state index is -0.972. The molecule has 3 aromatic rings. The van der Waals surface area contributed by atoms with E-state index in [4.69, 9.17) is 16.7 Å². The number of carboxylic acid groups (broad SMARTS) is 1. The van der Waals surface area contributed by atoms with Crippen LogP contribution in [-0.4, -0.2) is 38.2 Å². The van der Waals surface area contributed by atoms with Gasteiger partial charge in [0.15, 0.2) is 0 Å². The third-order valence-electron chi connectivity index (χ3n) is 5.85. The van der Waals surface area contributed by atoms with Crippen LogP contribution in [0.15, 0.2) is 54.6 Å². The number of nitrogens with zero attached hydrogens (tertiary/aromatic N) is 3. The monoisotopic (exact) mass is 451 g/mol. The maximum Gasteiger partial charge on any atom is 0.335 e. The highest BCUT2D eigenvalue weighted by molar-refractivity contribution is 6.30. The zero-order valence-corrected chi connectivity index (χ0v) is 18.8. The largest absolute Gasteiger partial charge is 0.478 e. The number of fused-ring (bicyclic) bond motifs is 1. The normalized spacial score (nSPS) is 15.6. The fourth-order valence-electron chi connectivity index (χ4n) is 4.17. The van der Waals surface area contributed by atoms with E-state index in [0.29, 0.717) is 23.8 Å². The van der Waals surface area contributed by atoms with Crippen LogP contribution in [0.25, 0.3) is 11.3 Å². The first kappa shape index (κ1) is 22.1. The van der Waals surface area contributed by atoms with Crippen molar-refractivity contribution in [3.8, 4) is 11.3 Å². The van der Waals surface area contributed by atoms with Gasteiger partial charge in [-0.2, -0.15) is 5.10 Å². The lowest BCUT2D eigenvalue weighted by molar-refractivity contribution is 0.0634. The summed E-state index contributed by atoms with van der Waals surface area (Å²) in [6, 6.07) is 16.1. The SMILES string of the molecule is CCCCCC1CN(Cc2cccc(C(=O)O)c2)C(=O)c2cc(-c3ccc(Cl)cc3)nn21. The molecule has 7 heteroatoms. The van der Waals surface area contributed by atoms with E-state index in [2.05, 4.69) is 6.92 Å². The predicted molar refractivity (Wildman–Crippen MR) is 124 cm³/mol. The fraction of sp³-hybridized carbons (Fsp3) is 0.320. The maximum atomic E-state index is 13.3. The molecule has 1 amide bonds.